The maximum absolute atomic E-state index is 12.3. The van der Waals surface area contributed by atoms with Gasteiger partial charge in [-0.05, 0) is 54.4 Å². The molecule has 2 N–H and O–H groups in total. The Balaban J connectivity index is 1.87. The molecular formula is C24H29NO3S. The van der Waals surface area contributed by atoms with Crippen molar-refractivity contribution in [2.24, 2.45) is 0 Å². The molecule has 1 amide bonds. The number of carboxylic acid groups (broad SMARTS) is 1. The summed E-state index contributed by atoms with van der Waals surface area (Å²) in [6.07, 6.45) is 8.88. The van der Waals surface area contributed by atoms with Crippen molar-refractivity contribution in [3.8, 4) is 0 Å². The minimum atomic E-state index is -0.786. The molecule has 2 rings (SSSR count). The fourth-order valence-corrected chi connectivity index (χ4v) is 3.78. The third kappa shape index (κ3) is 9.01. The van der Waals surface area contributed by atoms with Crippen molar-refractivity contribution >= 4 is 35.4 Å². The summed E-state index contributed by atoms with van der Waals surface area (Å²) in [5.41, 5.74) is 3.07. The van der Waals surface area contributed by atoms with Crippen LogP contribution in [0.5, 0.6) is 0 Å². The van der Waals surface area contributed by atoms with Gasteiger partial charge < -0.3 is 10.4 Å². The van der Waals surface area contributed by atoms with Gasteiger partial charge >= 0.3 is 5.97 Å². The molecule has 0 aliphatic heterocycles. The smallest absolute Gasteiger partial charge is 0.303 e. The molecule has 0 heterocycles. The molecule has 0 aliphatic rings. The maximum Gasteiger partial charge on any atom is 0.303 e. The second-order valence-electron chi connectivity index (χ2n) is 6.86. The van der Waals surface area contributed by atoms with Crippen LogP contribution >= 0.6 is 11.8 Å². The Bertz CT molecular complexity index is 815. The fourth-order valence-electron chi connectivity index (χ4n) is 2.82. The van der Waals surface area contributed by atoms with Crippen molar-refractivity contribution in [1.82, 2.24) is 0 Å². The minimum Gasteiger partial charge on any atom is -0.481 e. The second-order valence-corrected chi connectivity index (χ2v) is 8.00. The third-order valence-corrected chi connectivity index (χ3v) is 5.57. The SMILES string of the molecule is CCCCCc1ccc(/C=C/C(=O)Nc2ccccc2SCCCC(=O)O)cc1. The van der Waals surface area contributed by atoms with Gasteiger partial charge in [-0.2, -0.15) is 0 Å². The van der Waals surface area contributed by atoms with E-state index in [1.807, 2.05) is 42.5 Å². The van der Waals surface area contributed by atoms with Crippen LogP contribution in [0.15, 0.2) is 59.5 Å². The molecule has 5 heteroatoms. The van der Waals surface area contributed by atoms with Crippen molar-refractivity contribution in [3.05, 3.63) is 65.7 Å². The Morgan fingerprint density at radius 2 is 1.79 bits per heavy atom. The number of para-hydroxylation sites is 1. The van der Waals surface area contributed by atoms with Crippen molar-refractivity contribution in [3.63, 3.8) is 0 Å². The number of amides is 1. The Labute approximate surface area is 177 Å². The molecule has 0 unspecified atom stereocenters. The lowest BCUT2D eigenvalue weighted by molar-refractivity contribution is -0.137. The first kappa shape index (κ1) is 22.8. The van der Waals surface area contributed by atoms with Gasteiger partial charge in [0.2, 0.25) is 5.91 Å². The highest BCUT2D eigenvalue weighted by molar-refractivity contribution is 7.99. The predicted octanol–water partition coefficient (Wildman–Crippen LogP) is 6.03. The number of carbonyl (C=O) groups excluding carboxylic acids is 1. The number of rotatable bonds is 12. The maximum atomic E-state index is 12.3. The molecule has 4 nitrogen and oxygen atoms in total. The van der Waals surface area contributed by atoms with Gasteiger partial charge in [-0.3, -0.25) is 9.59 Å². The number of hydrogen-bond acceptors (Lipinski definition) is 3. The van der Waals surface area contributed by atoms with E-state index in [4.69, 9.17) is 5.11 Å². The van der Waals surface area contributed by atoms with Crippen molar-refractivity contribution < 1.29 is 14.7 Å². The van der Waals surface area contributed by atoms with Crippen LogP contribution in [0.3, 0.4) is 0 Å². The van der Waals surface area contributed by atoms with Gasteiger partial charge in [0.15, 0.2) is 0 Å². The van der Waals surface area contributed by atoms with Crippen LogP contribution < -0.4 is 5.32 Å². The first-order chi connectivity index (χ1) is 14.1. The molecule has 0 aliphatic carbocycles. The highest BCUT2D eigenvalue weighted by atomic mass is 32.2. The van der Waals surface area contributed by atoms with E-state index < -0.39 is 5.97 Å². The summed E-state index contributed by atoms with van der Waals surface area (Å²) >= 11 is 1.55. The second kappa shape index (κ2) is 12.8. The zero-order valence-corrected chi connectivity index (χ0v) is 17.7. The minimum absolute atomic E-state index is 0.154. The Morgan fingerprint density at radius 1 is 1.03 bits per heavy atom. The van der Waals surface area contributed by atoms with Gasteiger partial charge in [-0.25, -0.2) is 0 Å². The van der Waals surface area contributed by atoms with E-state index in [1.54, 1.807) is 11.8 Å². The van der Waals surface area contributed by atoms with Crippen LogP contribution in [0, 0.1) is 0 Å². The first-order valence-electron chi connectivity index (χ1n) is 10.1. The highest BCUT2D eigenvalue weighted by Gasteiger charge is 2.06. The topological polar surface area (TPSA) is 66.4 Å². The van der Waals surface area contributed by atoms with Crippen LogP contribution in [0.2, 0.25) is 0 Å². The lowest BCUT2D eigenvalue weighted by Gasteiger charge is -2.09. The number of aliphatic carboxylic acids is 1. The summed E-state index contributed by atoms with van der Waals surface area (Å²) in [5, 5.41) is 11.6. The van der Waals surface area contributed by atoms with E-state index in [2.05, 4.69) is 24.4 Å². The summed E-state index contributed by atoms with van der Waals surface area (Å²) in [5.74, 6) is -0.276. The zero-order chi connectivity index (χ0) is 20.9. The molecule has 154 valence electrons. The van der Waals surface area contributed by atoms with Crippen molar-refractivity contribution in [2.75, 3.05) is 11.1 Å². The molecular weight excluding hydrogens is 382 g/mol. The number of thioether (sulfide) groups is 1. The van der Waals surface area contributed by atoms with Crippen LogP contribution in [-0.4, -0.2) is 22.7 Å². The number of unbranched alkanes of at least 4 members (excludes halogenated alkanes) is 2. The van der Waals surface area contributed by atoms with Crippen molar-refractivity contribution in [1.29, 1.82) is 0 Å². The number of nitrogens with one attached hydrogen (secondary N) is 1. The van der Waals surface area contributed by atoms with Crippen LogP contribution in [0.25, 0.3) is 6.08 Å². The average molecular weight is 412 g/mol. The van der Waals surface area contributed by atoms with Gasteiger partial charge in [0.25, 0.3) is 0 Å². The molecule has 2 aromatic carbocycles. The van der Waals surface area contributed by atoms with Crippen LogP contribution in [-0.2, 0) is 16.0 Å². The van der Waals surface area contributed by atoms with E-state index in [1.165, 1.54) is 30.9 Å². The largest absolute Gasteiger partial charge is 0.481 e. The molecule has 0 radical (unpaired) electrons. The number of hydrogen-bond donors (Lipinski definition) is 2. The summed E-state index contributed by atoms with van der Waals surface area (Å²) in [6.45, 7) is 2.20. The molecule has 0 atom stereocenters. The van der Waals surface area contributed by atoms with Gasteiger partial charge in [-0.1, -0.05) is 56.2 Å². The van der Waals surface area contributed by atoms with Gasteiger partial charge in [-0.15, -0.1) is 11.8 Å². The molecule has 0 saturated heterocycles. The molecule has 0 spiro atoms. The highest BCUT2D eigenvalue weighted by Crippen LogP contribution is 2.27. The summed E-state index contributed by atoms with van der Waals surface area (Å²) in [6, 6.07) is 15.9. The van der Waals surface area contributed by atoms with Gasteiger partial charge in [0.1, 0.15) is 0 Å². The quantitative estimate of drug-likeness (QED) is 0.254. The van der Waals surface area contributed by atoms with E-state index in [0.29, 0.717) is 12.2 Å². The van der Waals surface area contributed by atoms with Crippen LogP contribution in [0.4, 0.5) is 5.69 Å². The number of carboxylic acids is 1. The Hall–Kier alpha value is -2.53. The standard InChI is InChI=1S/C24H29NO3S/c1-2-3-4-8-19-12-14-20(15-13-19)16-17-23(26)25-21-9-5-6-10-22(21)29-18-7-11-24(27)28/h5-6,9-10,12-17H,2-4,7-8,11,18H2,1H3,(H,25,26)(H,27,28)/b17-16+. The summed E-state index contributed by atoms with van der Waals surface area (Å²) < 4.78 is 0. The number of anilines is 1. The van der Waals surface area contributed by atoms with Gasteiger partial charge in [0, 0.05) is 17.4 Å². The van der Waals surface area contributed by atoms with Gasteiger partial charge in [0.05, 0.1) is 5.69 Å². The Kier molecular flexibility index (Phi) is 10.1. The van der Waals surface area contributed by atoms with E-state index in [-0.39, 0.29) is 12.3 Å². The summed E-state index contributed by atoms with van der Waals surface area (Å²) in [4.78, 5) is 23.9. The zero-order valence-electron chi connectivity index (χ0n) is 16.9. The van der Waals surface area contributed by atoms with E-state index in [0.717, 1.165) is 22.6 Å². The van der Waals surface area contributed by atoms with E-state index in [9.17, 15) is 9.59 Å². The molecule has 0 saturated carbocycles. The first-order valence-corrected chi connectivity index (χ1v) is 11.1. The lowest BCUT2D eigenvalue weighted by atomic mass is 10.1. The fraction of sp³-hybridized carbons (Fsp3) is 0.333. The monoisotopic (exact) mass is 411 g/mol. The number of benzene rings is 2. The van der Waals surface area contributed by atoms with Crippen LogP contribution in [0.1, 0.15) is 50.2 Å². The van der Waals surface area contributed by atoms with Crippen molar-refractivity contribution in [2.45, 2.75) is 50.3 Å². The molecule has 0 fully saturated rings. The summed E-state index contributed by atoms with van der Waals surface area (Å²) in [7, 11) is 0. The molecule has 0 bridgehead atoms. The normalized spacial score (nSPS) is 10.9. The number of carbonyl (C=O) groups is 2. The molecule has 2 aromatic rings. The number of aryl methyl sites for hydroxylation is 1. The third-order valence-electron chi connectivity index (χ3n) is 4.41. The van der Waals surface area contributed by atoms with E-state index >= 15 is 0 Å². The molecule has 0 aromatic heterocycles. The predicted molar refractivity (Wildman–Crippen MR) is 121 cm³/mol. The average Bonchev–Trinajstić information content (AvgIpc) is 2.72. The Morgan fingerprint density at radius 3 is 2.52 bits per heavy atom. The molecule has 29 heavy (non-hydrogen) atoms. The lowest BCUT2D eigenvalue weighted by Crippen LogP contribution is -2.08.